The molecule has 0 spiro atoms. The first-order valence-corrected chi connectivity index (χ1v) is 45.3. The van der Waals surface area contributed by atoms with Crippen LogP contribution in [0.5, 0.6) is 51.7 Å². The number of halogens is 3. The van der Waals surface area contributed by atoms with Crippen LogP contribution in [0, 0.1) is 5.82 Å². The predicted molar refractivity (Wildman–Crippen MR) is 513 cm³/mol. The van der Waals surface area contributed by atoms with Gasteiger partial charge in [-0.1, -0.05) is 61.3 Å². The highest BCUT2D eigenvalue weighted by molar-refractivity contribution is 9.10. The Labute approximate surface area is 781 Å². The van der Waals surface area contributed by atoms with Crippen molar-refractivity contribution < 1.29 is 84.9 Å². The van der Waals surface area contributed by atoms with Crippen LogP contribution < -0.4 is 62.2 Å². The van der Waals surface area contributed by atoms with Crippen molar-refractivity contribution >= 4 is 50.3 Å². The highest BCUT2D eigenvalue weighted by Crippen LogP contribution is 2.45. The van der Waals surface area contributed by atoms with Gasteiger partial charge in [0.25, 0.3) is 0 Å². The Hall–Kier alpha value is -10.3. The summed E-state index contributed by atoms with van der Waals surface area (Å²) in [5.74, 6) is 2.33. The SMILES string of the molecule is C.C=C(C)N1CCN(c2ccc(OCC3COC(C)(c4ccc(OC)cc4Br)O3)cc2)CC1.C=C(C)N1CCN(c2ccc(OCC3COC(C)(c4ccc(OC)cc4Cl)O3)cc2)CC1.C=C(C)N1CCN(c2ccc(OCC3COC(C)(c4ccc(OC)cc4F)O3)cc2)CC1.C=C(C)N1CCN(c2ccc(OCC3COC(C)(c4ccc(OC)cc4OC)O3)cc2)CC1. The van der Waals surface area contributed by atoms with E-state index in [1.807, 2.05) is 118 Å². The minimum Gasteiger partial charge on any atom is -0.497 e. The number of methoxy groups -OCH3 is 5. The predicted octanol–water partition coefficient (Wildman–Crippen LogP) is 18.3. The van der Waals surface area contributed by atoms with Crippen LogP contribution in [0.15, 0.2) is 223 Å². The van der Waals surface area contributed by atoms with Gasteiger partial charge in [0.05, 0.1) is 72.6 Å². The Bertz CT molecular complexity index is 4670. The number of hydrogen-bond acceptors (Lipinski definition) is 25. The molecule has 25 nitrogen and oxygen atoms in total. The second-order valence-corrected chi connectivity index (χ2v) is 34.9. The first-order chi connectivity index (χ1) is 62.0. The lowest BCUT2D eigenvalue weighted by Gasteiger charge is -2.37. The molecular formula is C102H131BrClFN8O17. The maximum absolute atomic E-state index is 14.5. The van der Waals surface area contributed by atoms with E-state index in [9.17, 15) is 4.39 Å². The molecule has 0 radical (unpaired) electrons. The van der Waals surface area contributed by atoms with Gasteiger partial charge in [0, 0.05) is 184 Å². The second-order valence-electron chi connectivity index (χ2n) is 33.6. The van der Waals surface area contributed by atoms with Crippen molar-refractivity contribution in [2.75, 3.05) is 213 Å². The molecule has 8 saturated heterocycles. The fourth-order valence-electron chi connectivity index (χ4n) is 16.7. The van der Waals surface area contributed by atoms with Gasteiger partial charge in [-0.15, -0.1) is 0 Å². The molecule has 8 aromatic carbocycles. The fourth-order valence-corrected chi connectivity index (χ4v) is 17.8. The maximum atomic E-state index is 14.5. The van der Waals surface area contributed by atoms with E-state index in [-0.39, 0.29) is 31.8 Å². The first-order valence-electron chi connectivity index (χ1n) is 44.1. The average Bonchev–Trinajstić information content (AvgIpc) is 1.64. The third-order valence-corrected chi connectivity index (χ3v) is 25.4. The summed E-state index contributed by atoms with van der Waals surface area (Å²) >= 11 is 10.0. The highest BCUT2D eigenvalue weighted by Gasteiger charge is 2.45. The van der Waals surface area contributed by atoms with Gasteiger partial charge in [-0.3, -0.25) is 0 Å². The molecule has 8 atom stereocenters. The molecule has 0 amide bonds. The van der Waals surface area contributed by atoms with Crippen LogP contribution in [0.1, 0.15) is 85.1 Å². The molecule has 0 bridgehead atoms. The van der Waals surface area contributed by atoms with Gasteiger partial charge < -0.3 is 120 Å². The Morgan fingerprint density at radius 3 is 0.862 bits per heavy atom. The zero-order valence-corrected chi connectivity index (χ0v) is 79.3. The molecule has 8 heterocycles. The number of anilines is 4. The summed E-state index contributed by atoms with van der Waals surface area (Å²) in [4.78, 5) is 18.8. The first kappa shape index (κ1) is 98.7. The summed E-state index contributed by atoms with van der Waals surface area (Å²) in [6.45, 7) is 51.0. The van der Waals surface area contributed by atoms with E-state index in [0.717, 1.165) is 183 Å². The third kappa shape index (κ3) is 25.3. The zero-order valence-electron chi connectivity index (χ0n) is 76.9. The van der Waals surface area contributed by atoms with Crippen molar-refractivity contribution in [3.8, 4) is 51.7 Å². The van der Waals surface area contributed by atoms with Crippen LogP contribution >= 0.6 is 27.5 Å². The number of benzene rings is 8. The van der Waals surface area contributed by atoms with Crippen LogP contribution in [-0.4, -0.2) is 237 Å². The van der Waals surface area contributed by atoms with Gasteiger partial charge in [-0.05, 0) is 213 Å². The molecule has 0 saturated carbocycles. The largest absolute Gasteiger partial charge is 0.497 e. The normalized spacial score (nSPS) is 23.0. The monoisotopic (exact) mass is 1870 g/mol. The lowest BCUT2D eigenvalue weighted by molar-refractivity contribution is -0.166. The zero-order chi connectivity index (χ0) is 91.6. The molecule has 8 unspecified atom stereocenters. The van der Waals surface area contributed by atoms with Crippen molar-refractivity contribution in [2.45, 2.75) is 110 Å². The molecule has 130 heavy (non-hydrogen) atoms. The standard InChI is InChI=1S/C26H34N2O5.C25H31BrN2O4.C25H31ClN2O4.C25H31FN2O4.CH4/c1-19(2)27-12-14-28(15-13-27)20-6-8-21(9-7-20)31-17-23-18-32-26(3,33-23)24-11-10-22(29-4)16-25(24)30-5;3*1-18(2)27-11-13-28(14-12-27)19-5-7-20(8-6-19)30-16-22-17-31-25(3,32-22)23-10-9-21(29-4)15-24(23)26;/h6-11,16,23H,1,12-15,17-18H2,2-5H3;3*5-10,15,22H,1,11-14,16-17H2,2-4H3;1H4. The molecule has 8 aliphatic rings. The van der Waals surface area contributed by atoms with Crippen molar-refractivity contribution in [3.63, 3.8) is 0 Å². The number of allylic oxidation sites excluding steroid dienone is 4. The van der Waals surface area contributed by atoms with Gasteiger partial charge in [0.2, 0.25) is 0 Å². The summed E-state index contributed by atoms with van der Waals surface area (Å²) < 4.78 is 114. The van der Waals surface area contributed by atoms with Crippen molar-refractivity contribution in [1.82, 2.24) is 19.6 Å². The average molecular weight is 1880 g/mol. The van der Waals surface area contributed by atoms with Crippen LogP contribution in [0.2, 0.25) is 5.02 Å². The number of rotatable bonds is 29. The van der Waals surface area contributed by atoms with E-state index in [4.69, 9.17) is 92.1 Å². The Kier molecular flexibility index (Phi) is 34.3. The molecular weight excluding hydrogens is 1740 g/mol. The topological polar surface area (TPSA) is 183 Å². The number of nitrogens with zero attached hydrogens (tertiary/aromatic N) is 8. The Morgan fingerprint density at radius 2 is 0.585 bits per heavy atom. The van der Waals surface area contributed by atoms with Crippen LogP contribution in [-0.2, 0) is 61.0 Å². The van der Waals surface area contributed by atoms with Crippen LogP contribution in [0.25, 0.3) is 0 Å². The maximum Gasteiger partial charge on any atom is 0.196 e. The molecule has 702 valence electrons. The smallest absolute Gasteiger partial charge is 0.196 e. The number of piperazine rings is 4. The number of hydrogen-bond donors (Lipinski definition) is 0. The molecule has 8 aromatic rings. The lowest BCUT2D eigenvalue weighted by atomic mass is 10.1. The highest BCUT2D eigenvalue weighted by atomic mass is 79.9. The quantitative estimate of drug-likeness (QED) is 0.0431. The van der Waals surface area contributed by atoms with Gasteiger partial charge >= 0.3 is 0 Å². The van der Waals surface area contributed by atoms with Gasteiger partial charge in [0.1, 0.15) is 108 Å². The molecule has 8 aliphatic heterocycles. The molecule has 0 aromatic heterocycles. The lowest BCUT2D eigenvalue weighted by Crippen LogP contribution is -2.45. The summed E-state index contributed by atoms with van der Waals surface area (Å²) in [6, 6.07) is 54.4. The summed E-state index contributed by atoms with van der Waals surface area (Å²) in [5, 5.41) is 0.549. The van der Waals surface area contributed by atoms with Gasteiger partial charge in [-0.25, -0.2) is 4.39 Å². The van der Waals surface area contributed by atoms with Gasteiger partial charge in [0.15, 0.2) is 23.1 Å². The van der Waals surface area contributed by atoms with Crippen molar-refractivity contribution in [3.05, 3.63) is 257 Å². The van der Waals surface area contributed by atoms with Crippen molar-refractivity contribution in [2.24, 2.45) is 0 Å². The van der Waals surface area contributed by atoms with E-state index in [0.29, 0.717) is 80.7 Å². The Morgan fingerprint density at radius 1 is 0.338 bits per heavy atom. The third-order valence-electron chi connectivity index (χ3n) is 24.5. The fraction of sp³-hybridized carbons (Fsp3) is 0.451. The van der Waals surface area contributed by atoms with Gasteiger partial charge in [-0.2, -0.15) is 0 Å². The minimum absolute atomic E-state index is 0. The summed E-state index contributed by atoms with van der Waals surface area (Å²) in [5.41, 5.74) is 12.2. The Balaban J connectivity index is 0.000000156. The molecule has 0 aliphatic carbocycles. The molecule has 16 rings (SSSR count). The van der Waals surface area contributed by atoms with E-state index in [1.54, 1.807) is 53.6 Å². The van der Waals surface area contributed by atoms with E-state index in [2.05, 4.69) is 158 Å². The summed E-state index contributed by atoms with van der Waals surface area (Å²) in [7, 11) is 8.01. The minimum atomic E-state index is -1.15. The molecule has 0 N–H and O–H groups in total. The van der Waals surface area contributed by atoms with E-state index >= 15 is 0 Å². The van der Waals surface area contributed by atoms with Crippen molar-refractivity contribution in [1.29, 1.82) is 0 Å². The second kappa shape index (κ2) is 45.2. The summed E-state index contributed by atoms with van der Waals surface area (Å²) in [6.07, 6.45) is -0.815. The van der Waals surface area contributed by atoms with Crippen LogP contribution in [0.3, 0.4) is 0 Å². The molecule has 28 heteroatoms. The van der Waals surface area contributed by atoms with Crippen LogP contribution in [0.4, 0.5) is 27.1 Å². The number of ether oxygens (including phenoxy) is 17. The van der Waals surface area contributed by atoms with E-state index in [1.165, 1.54) is 35.9 Å². The van der Waals surface area contributed by atoms with E-state index < -0.39 is 29.0 Å². The molecule has 8 fully saturated rings.